The Balaban J connectivity index is 3.00. The van der Waals surface area contributed by atoms with Crippen LogP contribution in [0.15, 0.2) is 0 Å². The minimum absolute atomic E-state index is 0.872. The quantitative estimate of drug-likeness (QED) is 0.0779. The molecule has 0 fully saturated rings. The maximum absolute atomic E-state index is 5.79. The maximum atomic E-state index is 5.79. The molecule has 224 valence electrons. The van der Waals surface area contributed by atoms with Gasteiger partial charge in [-0.3, -0.25) is 0 Å². The van der Waals surface area contributed by atoms with Crippen molar-refractivity contribution in [1.29, 1.82) is 0 Å². The van der Waals surface area contributed by atoms with Gasteiger partial charge in [0.05, 0.1) is 0 Å². The first kappa shape index (κ1) is 36.9. The Labute approximate surface area is 235 Å². The molecule has 0 amide bonds. The van der Waals surface area contributed by atoms with Gasteiger partial charge in [0, 0.05) is 26.4 Å². The van der Waals surface area contributed by atoms with Gasteiger partial charge in [-0.15, -0.1) is 0 Å². The highest BCUT2D eigenvalue weighted by molar-refractivity contribution is 4.51. The van der Waals surface area contributed by atoms with Crippen molar-refractivity contribution in [3.05, 3.63) is 0 Å². The van der Waals surface area contributed by atoms with Crippen molar-refractivity contribution in [2.75, 3.05) is 26.4 Å². The first-order chi connectivity index (χ1) is 18.4. The molecule has 0 rings (SSSR count). The van der Waals surface area contributed by atoms with E-state index < -0.39 is 0 Å². The van der Waals surface area contributed by atoms with E-state index in [4.69, 9.17) is 9.47 Å². The molecule has 0 atom stereocenters. The average Bonchev–Trinajstić information content (AvgIpc) is 2.91. The Bertz CT molecular complexity index is 336. The van der Waals surface area contributed by atoms with Crippen LogP contribution >= 0.6 is 0 Å². The average molecular weight is 525 g/mol. The maximum Gasteiger partial charge on any atom is 0.0487 e. The lowest BCUT2D eigenvalue weighted by Crippen LogP contribution is -2.03. The summed E-state index contributed by atoms with van der Waals surface area (Å²) >= 11 is 0. The first-order valence-corrected chi connectivity index (χ1v) is 17.6. The van der Waals surface area contributed by atoms with E-state index in [0.717, 1.165) is 32.8 Å². The molecule has 0 aliphatic carbocycles. The van der Waals surface area contributed by atoms with E-state index >= 15 is 0 Å². The van der Waals surface area contributed by atoms with Gasteiger partial charge in [-0.05, 0) is 19.3 Å². The molecule has 2 nitrogen and oxygen atoms in total. The molecule has 0 aliphatic heterocycles. The molecule has 0 radical (unpaired) electrons. The van der Waals surface area contributed by atoms with Crippen molar-refractivity contribution < 1.29 is 9.47 Å². The van der Waals surface area contributed by atoms with E-state index in [9.17, 15) is 0 Å². The molecule has 0 unspecified atom stereocenters. The van der Waals surface area contributed by atoms with Gasteiger partial charge in [-0.1, -0.05) is 181 Å². The molecule has 0 saturated carbocycles. The molecule has 37 heavy (non-hydrogen) atoms. The molecular weight excluding hydrogens is 452 g/mol. The van der Waals surface area contributed by atoms with Gasteiger partial charge in [-0.2, -0.15) is 0 Å². The van der Waals surface area contributed by atoms with Crippen molar-refractivity contribution >= 4 is 0 Å². The smallest absolute Gasteiger partial charge is 0.0487 e. The van der Waals surface area contributed by atoms with Crippen LogP contribution in [-0.2, 0) is 9.47 Å². The van der Waals surface area contributed by atoms with Crippen LogP contribution in [0.1, 0.15) is 200 Å². The zero-order valence-corrected chi connectivity index (χ0v) is 26.2. The molecular formula is C35H72O2. The summed E-state index contributed by atoms with van der Waals surface area (Å²) in [7, 11) is 0. The Morgan fingerprint density at radius 3 is 0.649 bits per heavy atom. The van der Waals surface area contributed by atoms with Crippen molar-refractivity contribution in [3.63, 3.8) is 0 Å². The summed E-state index contributed by atoms with van der Waals surface area (Å²) in [5.74, 6) is 0. The number of ether oxygens (including phenoxy) is 2. The van der Waals surface area contributed by atoms with Crippen LogP contribution in [0.2, 0.25) is 0 Å². The molecule has 0 saturated heterocycles. The molecule has 0 heterocycles. The van der Waals surface area contributed by atoms with Crippen LogP contribution in [0.25, 0.3) is 0 Å². The summed E-state index contributed by atoms with van der Waals surface area (Å²) in [5.41, 5.74) is 0. The largest absolute Gasteiger partial charge is 0.381 e. The van der Waals surface area contributed by atoms with Gasteiger partial charge in [-0.25, -0.2) is 0 Å². The topological polar surface area (TPSA) is 18.5 Å². The number of hydrogen-bond donors (Lipinski definition) is 0. The molecule has 0 N–H and O–H groups in total. The van der Waals surface area contributed by atoms with Gasteiger partial charge < -0.3 is 9.47 Å². The highest BCUT2D eigenvalue weighted by Gasteiger charge is 1.97. The van der Waals surface area contributed by atoms with Crippen molar-refractivity contribution in [2.24, 2.45) is 0 Å². The van der Waals surface area contributed by atoms with Crippen LogP contribution in [0.5, 0.6) is 0 Å². The summed E-state index contributed by atoms with van der Waals surface area (Å²) < 4.78 is 11.6. The fourth-order valence-corrected chi connectivity index (χ4v) is 5.26. The van der Waals surface area contributed by atoms with E-state index in [-0.39, 0.29) is 0 Å². The third kappa shape index (κ3) is 35.9. The third-order valence-corrected chi connectivity index (χ3v) is 7.86. The van der Waals surface area contributed by atoms with Gasteiger partial charge in [0.1, 0.15) is 0 Å². The lowest BCUT2D eigenvalue weighted by atomic mass is 10.0. The van der Waals surface area contributed by atoms with Crippen molar-refractivity contribution in [2.45, 2.75) is 200 Å². The fourth-order valence-electron chi connectivity index (χ4n) is 5.26. The van der Waals surface area contributed by atoms with Gasteiger partial charge in [0.25, 0.3) is 0 Å². The first-order valence-electron chi connectivity index (χ1n) is 17.6. The highest BCUT2D eigenvalue weighted by Crippen LogP contribution is 2.14. The van der Waals surface area contributed by atoms with E-state index in [2.05, 4.69) is 13.8 Å². The second-order valence-corrected chi connectivity index (χ2v) is 11.8. The van der Waals surface area contributed by atoms with E-state index in [1.165, 1.54) is 180 Å². The SMILES string of the molecule is CCCCCCCCCCCCCCCCOCCCOCCCCCCCCCCCCCCCC. The standard InChI is InChI=1S/C35H72O2/c1-3-5-7-9-11-13-15-17-19-21-23-25-27-29-32-36-34-31-35-37-33-30-28-26-24-22-20-18-16-14-12-10-8-6-4-2/h3-35H2,1-2H3. The summed E-state index contributed by atoms with van der Waals surface area (Å²) in [4.78, 5) is 0. The second kappa shape index (κ2) is 35.9. The molecule has 0 bridgehead atoms. The minimum atomic E-state index is 0.872. The van der Waals surface area contributed by atoms with Crippen molar-refractivity contribution in [1.82, 2.24) is 0 Å². The molecule has 2 heteroatoms. The summed E-state index contributed by atoms with van der Waals surface area (Å²) in [5, 5.41) is 0. The molecule has 0 aromatic carbocycles. The summed E-state index contributed by atoms with van der Waals surface area (Å²) in [6, 6.07) is 0. The predicted octanol–water partition coefficient (Wildman–Crippen LogP) is 12.4. The third-order valence-electron chi connectivity index (χ3n) is 7.86. The van der Waals surface area contributed by atoms with Crippen LogP contribution in [0.3, 0.4) is 0 Å². The minimum Gasteiger partial charge on any atom is -0.381 e. The Hall–Kier alpha value is -0.0800. The Kier molecular flexibility index (Phi) is 35.8. The highest BCUT2D eigenvalue weighted by atomic mass is 16.5. The lowest BCUT2D eigenvalue weighted by molar-refractivity contribution is 0.0794. The lowest BCUT2D eigenvalue weighted by Gasteiger charge is -2.06. The number of rotatable bonds is 34. The molecule has 0 spiro atoms. The zero-order chi connectivity index (χ0) is 26.7. The monoisotopic (exact) mass is 525 g/mol. The Morgan fingerprint density at radius 2 is 0.405 bits per heavy atom. The van der Waals surface area contributed by atoms with Crippen LogP contribution in [-0.4, -0.2) is 26.4 Å². The molecule has 0 aromatic rings. The van der Waals surface area contributed by atoms with E-state index in [1.807, 2.05) is 0 Å². The summed E-state index contributed by atoms with van der Waals surface area (Å²) in [6.45, 7) is 8.22. The van der Waals surface area contributed by atoms with Gasteiger partial charge >= 0.3 is 0 Å². The Morgan fingerprint density at radius 1 is 0.216 bits per heavy atom. The molecule has 0 aliphatic rings. The zero-order valence-electron chi connectivity index (χ0n) is 26.2. The fraction of sp³-hybridized carbons (Fsp3) is 1.00. The normalized spacial score (nSPS) is 11.5. The second-order valence-electron chi connectivity index (χ2n) is 11.8. The predicted molar refractivity (Wildman–Crippen MR) is 167 cm³/mol. The van der Waals surface area contributed by atoms with Crippen molar-refractivity contribution in [3.8, 4) is 0 Å². The van der Waals surface area contributed by atoms with Gasteiger partial charge in [0.15, 0.2) is 0 Å². The van der Waals surface area contributed by atoms with Crippen LogP contribution in [0.4, 0.5) is 0 Å². The van der Waals surface area contributed by atoms with E-state index in [0.29, 0.717) is 0 Å². The van der Waals surface area contributed by atoms with E-state index in [1.54, 1.807) is 0 Å². The number of hydrogen-bond acceptors (Lipinski definition) is 2. The van der Waals surface area contributed by atoms with Crippen LogP contribution < -0.4 is 0 Å². The summed E-state index contributed by atoms with van der Waals surface area (Å²) in [6.07, 6.45) is 40.7. The number of unbranched alkanes of at least 4 members (excludes halogenated alkanes) is 26. The van der Waals surface area contributed by atoms with Gasteiger partial charge in [0.2, 0.25) is 0 Å². The molecule has 0 aromatic heterocycles. The van der Waals surface area contributed by atoms with Crippen LogP contribution in [0, 0.1) is 0 Å².